The van der Waals surface area contributed by atoms with Crippen LogP contribution in [-0.4, -0.2) is 26.4 Å². The Morgan fingerprint density at radius 3 is 2.65 bits per heavy atom. The molecule has 1 heterocycles. The molecule has 0 radical (unpaired) electrons. The standard InChI is InChI=1S/C10H6ClNO5/c11-4-1-2-6(13)9(14)8(4)7-3-5(10(15)16)12-17-7/h1-3,13-14H,(H,15,16). The van der Waals surface area contributed by atoms with Crippen LogP contribution in [0.4, 0.5) is 0 Å². The fourth-order valence-corrected chi connectivity index (χ4v) is 1.53. The van der Waals surface area contributed by atoms with Crippen LogP contribution in [0.1, 0.15) is 10.5 Å². The maximum absolute atomic E-state index is 10.6. The van der Waals surface area contributed by atoms with Crippen LogP contribution in [0.2, 0.25) is 5.02 Å². The second kappa shape index (κ2) is 3.99. The van der Waals surface area contributed by atoms with Gasteiger partial charge in [0.2, 0.25) is 0 Å². The van der Waals surface area contributed by atoms with E-state index in [0.29, 0.717) is 0 Å². The van der Waals surface area contributed by atoms with Crippen molar-refractivity contribution in [3.05, 3.63) is 28.9 Å². The summed E-state index contributed by atoms with van der Waals surface area (Å²) >= 11 is 5.82. The molecular formula is C10H6ClNO5. The summed E-state index contributed by atoms with van der Waals surface area (Å²) in [5.41, 5.74) is -0.328. The lowest BCUT2D eigenvalue weighted by Gasteiger charge is -2.04. The second-order valence-corrected chi connectivity index (χ2v) is 3.58. The fourth-order valence-electron chi connectivity index (χ4n) is 1.28. The third kappa shape index (κ3) is 1.90. The highest BCUT2D eigenvalue weighted by Crippen LogP contribution is 2.41. The number of hydrogen-bond acceptors (Lipinski definition) is 5. The summed E-state index contributed by atoms with van der Waals surface area (Å²) in [6.07, 6.45) is 0. The molecule has 17 heavy (non-hydrogen) atoms. The Morgan fingerprint density at radius 1 is 1.35 bits per heavy atom. The van der Waals surface area contributed by atoms with E-state index in [9.17, 15) is 15.0 Å². The van der Waals surface area contributed by atoms with Crippen LogP contribution in [0.3, 0.4) is 0 Å². The first-order valence-corrected chi connectivity index (χ1v) is 4.79. The van der Waals surface area contributed by atoms with E-state index in [1.54, 1.807) is 0 Å². The van der Waals surface area contributed by atoms with Crippen LogP contribution in [0, 0.1) is 0 Å². The van der Waals surface area contributed by atoms with Crippen molar-refractivity contribution in [2.75, 3.05) is 0 Å². The van der Waals surface area contributed by atoms with Gasteiger partial charge >= 0.3 is 5.97 Å². The number of carboxylic acids is 1. The number of rotatable bonds is 2. The zero-order chi connectivity index (χ0) is 12.6. The number of halogens is 1. The van der Waals surface area contributed by atoms with Gasteiger partial charge in [-0.25, -0.2) is 4.79 Å². The molecule has 6 nitrogen and oxygen atoms in total. The molecule has 0 aliphatic heterocycles. The maximum atomic E-state index is 10.6. The Hall–Kier alpha value is -2.21. The zero-order valence-corrected chi connectivity index (χ0v) is 8.97. The molecule has 0 atom stereocenters. The van der Waals surface area contributed by atoms with E-state index in [2.05, 4.69) is 5.16 Å². The van der Waals surface area contributed by atoms with Crippen LogP contribution in [0.15, 0.2) is 22.7 Å². The Labute approximate surface area is 99.7 Å². The number of aromatic nitrogens is 1. The Morgan fingerprint density at radius 2 is 2.06 bits per heavy atom. The van der Waals surface area contributed by atoms with Crippen LogP contribution in [0.5, 0.6) is 11.5 Å². The van der Waals surface area contributed by atoms with Crippen molar-refractivity contribution < 1.29 is 24.6 Å². The average molecular weight is 256 g/mol. The molecule has 0 saturated heterocycles. The number of carbonyl (C=O) groups is 1. The molecule has 0 fully saturated rings. The summed E-state index contributed by atoms with van der Waals surface area (Å²) in [4.78, 5) is 10.6. The summed E-state index contributed by atoms with van der Waals surface area (Å²) in [5, 5.41) is 31.0. The zero-order valence-electron chi connectivity index (χ0n) is 8.22. The van der Waals surface area contributed by atoms with Gasteiger partial charge in [-0.3, -0.25) is 0 Å². The normalized spacial score (nSPS) is 10.4. The van der Waals surface area contributed by atoms with E-state index in [1.165, 1.54) is 12.1 Å². The first-order valence-electron chi connectivity index (χ1n) is 4.41. The number of phenolic OH excluding ortho intramolecular Hbond substituents is 2. The van der Waals surface area contributed by atoms with E-state index in [-0.39, 0.29) is 22.0 Å². The van der Waals surface area contributed by atoms with Crippen LogP contribution >= 0.6 is 11.6 Å². The molecule has 0 aliphatic carbocycles. The first-order chi connectivity index (χ1) is 8.00. The molecule has 0 bridgehead atoms. The molecule has 0 unspecified atom stereocenters. The SMILES string of the molecule is O=C(O)c1cc(-c2c(Cl)ccc(O)c2O)on1. The minimum atomic E-state index is -1.27. The van der Waals surface area contributed by atoms with Gasteiger partial charge in [-0.15, -0.1) is 0 Å². The van der Waals surface area contributed by atoms with Gasteiger partial charge in [-0.05, 0) is 12.1 Å². The van der Waals surface area contributed by atoms with Crippen molar-refractivity contribution >= 4 is 17.6 Å². The number of carboxylic acid groups (broad SMARTS) is 1. The van der Waals surface area contributed by atoms with Gasteiger partial charge in [0.05, 0.1) is 10.6 Å². The van der Waals surface area contributed by atoms with Gasteiger partial charge in [-0.2, -0.15) is 0 Å². The highest BCUT2D eigenvalue weighted by molar-refractivity contribution is 6.33. The van der Waals surface area contributed by atoms with Crippen molar-refractivity contribution in [1.29, 1.82) is 0 Å². The highest BCUT2D eigenvalue weighted by Gasteiger charge is 2.19. The van der Waals surface area contributed by atoms with Crippen molar-refractivity contribution in [2.24, 2.45) is 0 Å². The summed E-state index contributed by atoms with van der Waals surface area (Å²) in [5.74, 6) is -2.19. The quantitative estimate of drug-likeness (QED) is 0.710. The largest absolute Gasteiger partial charge is 0.504 e. The third-order valence-corrected chi connectivity index (χ3v) is 2.40. The van der Waals surface area contributed by atoms with E-state index in [1.807, 2.05) is 0 Å². The summed E-state index contributed by atoms with van der Waals surface area (Å²) in [6.45, 7) is 0. The van der Waals surface area contributed by atoms with Crippen LogP contribution < -0.4 is 0 Å². The number of hydrogen-bond donors (Lipinski definition) is 3. The molecule has 3 N–H and O–H groups in total. The fraction of sp³-hybridized carbons (Fsp3) is 0. The van der Waals surface area contributed by atoms with E-state index >= 15 is 0 Å². The van der Waals surface area contributed by atoms with E-state index in [0.717, 1.165) is 6.07 Å². The van der Waals surface area contributed by atoms with Crippen molar-refractivity contribution in [2.45, 2.75) is 0 Å². The van der Waals surface area contributed by atoms with Gasteiger partial charge in [0.1, 0.15) is 0 Å². The third-order valence-electron chi connectivity index (χ3n) is 2.08. The number of aromatic carboxylic acids is 1. The average Bonchev–Trinajstić information content (AvgIpc) is 2.73. The highest BCUT2D eigenvalue weighted by atomic mass is 35.5. The number of aromatic hydroxyl groups is 2. The van der Waals surface area contributed by atoms with Gasteiger partial charge < -0.3 is 19.8 Å². The van der Waals surface area contributed by atoms with Crippen LogP contribution in [-0.2, 0) is 0 Å². The topological polar surface area (TPSA) is 104 Å². The monoisotopic (exact) mass is 255 g/mol. The Kier molecular flexibility index (Phi) is 2.64. The summed E-state index contributed by atoms with van der Waals surface area (Å²) in [6, 6.07) is 3.65. The summed E-state index contributed by atoms with van der Waals surface area (Å²) < 4.78 is 4.74. The van der Waals surface area contributed by atoms with Crippen molar-refractivity contribution in [3.8, 4) is 22.8 Å². The minimum Gasteiger partial charge on any atom is -0.504 e. The molecule has 0 aliphatic rings. The van der Waals surface area contributed by atoms with Crippen molar-refractivity contribution in [3.63, 3.8) is 0 Å². The molecule has 2 aromatic rings. The van der Waals surface area contributed by atoms with E-state index < -0.39 is 17.5 Å². The van der Waals surface area contributed by atoms with E-state index in [4.69, 9.17) is 21.2 Å². The second-order valence-electron chi connectivity index (χ2n) is 3.17. The maximum Gasteiger partial charge on any atom is 0.358 e. The molecule has 2 rings (SSSR count). The first kappa shape index (κ1) is 11.3. The lowest BCUT2D eigenvalue weighted by Crippen LogP contribution is -1.94. The predicted molar refractivity (Wildman–Crippen MR) is 57.2 cm³/mol. The molecular weight excluding hydrogens is 250 g/mol. The summed E-state index contributed by atoms with van der Waals surface area (Å²) in [7, 11) is 0. The lowest BCUT2D eigenvalue weighted by atomic mass is 10.1. The van der Waals surface area contributed by atoms with Gasteiger partial charge in [-0.1, -0.05) is 16.8 Å². The minimum absolute atomic E-state index is 0.00772. The molecule has 1 aromatic carbocycles. The smallest absolute Gasteiger partial charge is 0.358 e. The molecule has 88 valence electrons. The van der Waals surface area contributed by atoms with Crippen LogP contribution in [0.25, 0.3) is 11.3 Å². The Balaban J connectivity index is 2.60. The van der Waals surface area contributed by atoms with Gasteiger partial charge in [0.15, 0.2) is 23.0 Å². The Bertz CT molecular complexity index is 592. The van der Waals surface area contributed by atoms with Gasteiger partial charge in [0.25, 0.3) is 0 Å². The number of benzene rings is 1. The van der Waals surface area contributed by atoms with Crippen molar-refractivity contribution in [1.82, 2.24) is 5.16 Å². The predicted octanol–water partition coefficient (Wildman–Crippen LogP) is 2.10. The molecule has 7 heteroatoms. The molecule has 1 aromatic heterocycles. The number of phenols is 2. The van der Waals surface area contributed by atoms with Gasteiger partial charge in [0, 0.05) is 6.07 Å². The molecule has 0 saturated carbocycles. The lowest BCUT2D eigenvalue weighted by molar-refractivity contribution is 0.0686. The molecule has 0 spiro atoms. The number of nitrogens with zero attached hydrogens (tertiary/aromatic N) is 1. The molecule has 0 amide bonds.